The number of carbonyl (C=O) groups excluding carboxylic acids is 1. The number of sulfonamides is 1. The molecular weight excluding hydrogens is 402 g/mol. The first-order chi connectivity index (χ1) is 13.2. The molecule has 1 heterocycles. The van der Waals surface area contributed by atoms with E-state index in [0.717, 1.165) is 0 Å². The highest BCUT2D eigenvalue weighted by atomic mass is 35.5. The van der Waals surface area contributed by atoms with Gasteiger partial charge in [0.25, 0.3) is 0 Å². The van der Waals surface area contributed by atoms with Crippen LogP contribution in [0, 0.1) is 0 Å². The quantitative estimate of drug-likeness (QED) is 0.602. The van der Waals surface area contributed by atoms with Crippen molar-refractivity contribution >= 4 is 44.3 Å². The fourth-order valence-corrected chi connectivity index (χ4v) is 3.84. The second-order valence-corrected chi connectivity index (χ2v) is 8.75. The van der Waals surface area contributed by atoms with Gasteiger partial charge in [0.05, 0.1) is 4.90 Å². The first-order valence-corrected chi connectivity index (χ1v) is 10.6. The zero-order valence-electron chi connectivity index (χ0n) is 15.4. The van der Waals surface area contributed by atoms with Gasteiger partial charge in [0.1, 0.15) is 5.52 Å². The number of aromatic nitrogens is 1. The standard InChI is InChI=1S/C19H20ClN3O4S/c1-12(2)19-23-16-11-14(6-7-17(16)27-19)22-18(24)8-9-21-28(25,26)15-5-3-4-13(20)10-15/h3-7,10-12,21H,8-9H2,1-2H3,(H,22,24). The van der Waals surface area contributed by atoms with Crippen LogP contribution in [0.4, 0.5) is 5.69 Å². The number of nitrogens with one attached hydrogen (secondary N) is 2. The molecular formula is C19H20ClN3O4S. The topological polar surface area (TPSA) is 101 Å². The van der Waals surface area contributed by atoms with Gasteiger partial charge in [-0.3, -0.25) is 4.79 Å². The SMILES string of the molecule is CC(C)c1nc2cc(NC(=O)CCNS(=O)(=O)c3cccc(Cl)c3)ccc2o1. The smallest absolute Gasteiger partial charge is 0.240 e. The molecule has 2 aromatic carbocycles. The maximum absolute atomic E-state index is 12.2. The molecule has 0 radical (unpaired) electrons. The zero-order valence-corrected chi connectivity index (χ0v) is 17.0. The van der Waals surface area contributed by atoms with Gasteiger partial charge >= 0.3 is 0 Å². The van der Waals surface area contributed by atoms with Gasteiger partial charge in [-0.15, -0.1) is 0 Å². The maximum atomic E-state index is 12.2. The van der Waals surface area contributed by atoms with Crippen LogP contribution in [0.2, 0.25) is 5.02 Å². The van der Waals surface area contributed by atoms with E-state index in [4.69, 9.17) is 16.0 Å². The Morgan fingerprint density at radius 3 is 2.71 bits per heavy atom. The number of hydrogen-bond donors (Lipinski definition) is 2. The molecule has 148 valence electrons. The second-order valence-electron chi connectivity index (χ2n) is 6.54. The van der Waals surface area contributed by atoms with Gasteiger partial charge in [0.2, 0.25) is 15.9 Å². The third-order valence-corrected chi connectivity index (χ3v) is 5.63. The van der Waals surface area contributed by atoms with E-state index in [9.17, 15) is 13.2 Å². The molecule has 0 unspecified atom stereocenters. The van der Waals surface area contributed by atoms with Crippen molar-refractivity contribution in [2.45, 2.75) is 31.1 Å². The predicted molar refractivity (Wildman–Crippen MR) is 108 cm³/mol. The lowest BCUT2D eigenvalue weighted by Crippen LogP contribution is -2.27. The molecule has 0 aliphatic heterocycles. The Hall–Kier alpha value is -2.42. The van der Waals surface area contributed by atoms with E-state index >= 15 is 0 Å². The number of hydrogen-bond acceptors (Lipinski definition) is 5. The minimum Gasteiger partial charge on any atom is -0.440 e. The Morgan fingerprint density at radius 1 is 1.21 bits per heavy atom. The normalized spacial score (nSPS) is 11.9. The maximum Gasteiger partial charge on any atom is 0.240 e. The van der Waals surface area contributed by atoms with Crippen molar-refractivity contribution in [3.05, 3.63) is 53.4 Å². The summed E-state index contributed by atoms with van der Waals surface area (Å²) < 4.78 is 32.4. The molecule has 3 rings (SSSR count). The van der Waals surface area contributed by atoms with Crippen molar-refractivity contribution < 1.29 is 17.6 Å². The van der Waals surface area contributed by atoms with Crippen LogP contribution in [-0.4, -0.2) is 25.9 Å². The van der Waals surface area contributed by atoms with Gasteiger partial charge < -0.3 is 9.73 Å². The summed E-state index contributed by atoms with van der Waals surface area (Å²) in [4.78, 5) is 16.6. The number of carbonyl (C=O) groups is 1. The number of benzene rings is 2. The highest BCUT2D eigenvalue weighted by molar-refractivity contribution is 7.89. The summed E-state index contributed by atoms with van der Waals surface area (Å²) in [5.74, 6) is 0.479. The van der Waals surface area contributed by atoms with Gasteiger partial charge in [0, 0.05) is 29.6 Å². The number of halogens is 1. The lowest BCUT2D eigenvalue weighted by Gasteiger charge is -2.08. The lowest BCUT2D eigenvalue weighted by atomic mass is 10.2. The van der Waals surface area contributed by atoms with E-state index in [0.29, 0.717) is 27.7 Å². The van der Waals surface area contributed by atoms with Crippen LogP contribution in [0.1, 0.15) is 32.1 Å². The molecule has 1 amide bonds. The Bertz CT molecular complexity index is 1110. The molecule has 9 heteroatoms. The minimum absolute atomic E-state index is 0.0199. The number of amides is 1. The van der Waals surface area contributed by atoms with Crippen LogP contribution in [0.5, 0.6) is 0 Å². The van der Waals surface area contributed by atoms with Crippen molar-refractivity contribution in [1.29, 1.82) is 0 Å². The van der Waals surface area contributed by atoms with Crippen LogP contribution in [0.3, 0.4) is 0 Å². The Balaban J connectivity index is 1.57. The molecule has 0 aliphatic carbocycles. The molecule has 0 atom stereocenters. The van der Waals surface area contributed by atoms with Gasteiger partial charge in [-0.25, -0.2) is 18.1 Å². The Kier molecular flexibility index (Phi) is 6.02. The fourth-order valence-electron chi connectivity index (χ4n) is 2.51. The molecule has 7 nitrogen and oxygen atoms in total. The van der Waals surface area contributed by atoms with Gasteiger partial charge in [-0.1, -0.05) is 31.5 Å². The average molecular weight is 422 g/mol. The number of rotatable bonds is 7. The van der Waals surface area contributed by atoms with Crippen LogP contribution in [0.25, 0.3) is 11.1 Å². The van der Waals surface area contributed by atoms with Crippen molar-refractivity contribution in [3.63, 3.8) is 0 Å². The van der Waals surface area contributed by atoms with Crippen LogP contribution in [-0.2, 0) is 14.8 Å². The number of fused-ring (bicyclic) bond motifs is 1. The molecule has 0 saturated heterocycles. The van der Waals surface area contributed by atoms with Crippen molar-refractivity contribution in [2.75, 3.05) is 11.9 Å². The number of oxazole rings is 1. The van der Waals surface area contributed by atoms with Crippen LogP contribution < -0.4 is 10.0 Å². The molecule has 1 aromatic heterocycles. The highest BCUT2D eigenvalue weighted by Gasteiger charge is 2.15. The summed E-state index contributed by atoms with van der Waals surface area (Å²) in [6, 6.07) is 11.1. The molecule has 2 N–H and O–H groups in total. The van der Waals surface area contributed by atoms with Gasteiger partial charge in [-0.2, -0.15) is 0 Å². The molecule has 28 heavy (non-hydrogen) atoms. The Labute approximate surface area is 168 Å². The fraction of sp³-hybridized carbons (Fsp3) is 0.263. The summed E-state index contributed by atoms with van der Waals surface area (Å²) in [7, 11) is -3.72. The summed E-state index contributed by atoms with van der Waals surface area (Å²) in [5, 5.41) is 3.05. The van der Waals surface area contributed by atoms with Gasteiger partial charge in [0.15, 0.2) is 11.5 Å². The van der Waals surface area contributed by atoms with E-state index in [1.165, 1.54) is 12.1 Å². The Morgan fingerprint density at radius 2 is 2.00 bits per heavy atom. The molecule has 0 saturated carbocycles. The predicted octanol–water partition coefficient (Wildman–Crippen LogP) is 3.91. The van der Waals surface area contributed by atoms with Crippen LogP contribution in [0.15, 0.2) is 51.8 Å². The van der Waals surface area contributed by atoms with E-state index in [-0.39, 0.29) is 29.7 Å². The molecule has 0 fully saturated rings. The molecule has 0 spiro atoms. The summed E-state index contributed by atoms with van der Waals surface area (Å²) in [6.07, 6.45) is -0.0199. The monoisotopic (exact) mass is 421 g/mol. The summed E-state index contributed by atoms with van der Waals surface area (Å²) >= 11 is 5.82. The van der Waals surface area contributed by atoms with E-state index in [2.05, 4.69) is 15.0 Å². The van der Waals surface area contributed by atoms with Crippen molar-refractivity contribution in [1.82, 2.24) is 9.71 Å². The molecule has 0 bridgehead atoms. The first kappa shape index (κ1) is 20.3. The second kappa shape index (κ2) is 8.30. The third kappa shape index (κ3) is 4.89. The molecule has 0 aliphatic rings. The lowest BCUT2D eigenvalue weighted by molar-refractivity contribution is -0.116. The third-order valence-electron chi connectivity index (χ3n) is 3.93. The highest BCUT2D eigenvalue weighted by Crippen LogP contribution is 2.23. The average Bonchev–Trinajstić information content (AvgIpc) is 3.05. The van der Waals surface area contributed by atoms with Crippen molar-refractivity contribution in [2.24, 2.45) is 0 Å². The zero-order chi connectivity index (χ0) is 20.3. The van der Waals surface area contributed by atoms with Crippen molar-refractivity contribution in [3.8, 4) is 0 Å². The largest absolute Gasteiger partial charge is 0.440 e. The first-order valence-electron chi connectivity index (χ1n) is 8.70. The summed E-state index contributed by atoms with van der Waals surface area (Å²) in [6.45, 7) is 3.93. The molecule has 3 aromatic rings. The summed E-state index contributed by atoms with van der Waals surface area (Å²) in [5.41, 5.74) is 1.87. The number of nitrogens with zero attached hydrogens (tertiary/aromatic N) is 1. The van der Waals surface area contributed by atoms with E-state index in [1.54, 1.807) is 30.3 Å². The minimum atomic E-state index is -3.72. The van der Waals surface area contributed by atoms with Gasteiger partial charge in [-0.05, 0) is 36.4 Å². The van der Waals surface area contributed by atoms with E-state index < -0.39 is 10.0 Å². The number of anilines is 1. The van der Waals surface area contributed by atoms with Crippen LogP contribution >= 0.6 is 11.6 Å². The van der Waals surface area contributed by atoms with E-state index in [1.807, 2.05) is 13.8 Å².